The summed E-state index contributed by atoms with van der Waals surface area (Å²) in [4.78, 5) is 23.0. The molecule has 1 N–H and O–H groups in total. The molecule has 2 rings (SSSR count). The lowest BCUT2D eigenvalue weighted by atomic mass is 10.1. The Morgan fingerprint density at radius 3 is 2.38 bits per heavy atom. The average Bonchev–Trinajstić information content (AvgIpc) is 2.54. The summed E-state index contributed by atoms with van der Waals surface area (Å²) in [5.74, 6) is -0.0824. The van der Waals surface area contributed by atoms with Crippen LogP contribution < -0.4 is 10.1 Å². The smallest absolute Gasteiger partial charge is 0.254 e. The molecule has 0 aliphatic heterocycles. The number of hydrogen-bond acceptors (Lipinski definition) is 3. The summed E-state index contributed by atoms with van der Waals surface area (Å²) in [7, 11) is 0. The molecule has 0 aliphatic carbocycles. The topological polar surface area (TPSA) is 55.4 Å². The van der Waals surface area contributed by atoms with Crippen LogP contribution in [-0.4, -0.2) is 22.2 Å². The first kappa shape index (κ1) is 18.6. The van der Waals surface area contributed by atoms with Crippen molar-refractivity contribution in [3.63, 3.8) is 0 Å². The molecule has 0 saturated carbocycles. The van der Waals surface area contributed by atoms with E-state index in [1.165, 1.54) is 0 Å². The van der Waals surface area contributed by atoms with Crippen LogP contribution in [-0.2, 0) is 0 Å². The van der Waals surface area contributed by atoms with Crippen molar-refractivity contribution in [2.24, 2.45) is 0 Å². The molecule has 0 radical (unpaired) electrons. The highest BCUT2D eigenvalue weighted by Gasteiger charge is 2.36. The number of ether oxygens (including phenoxy) is 1. The summed E-state index contributed by atoms with van der Waals surface area (Å²) >= 11 is 17.7. The highest BCUT2D eigenvalue weighted by molar-refractivity contribution is 6.68. The van der Waals surface area contributed by atoms with Gasteiger partial charge in [-0.15, -0.1) is 0 Å². The van der Waals surface area contributed by atoms with Gasteiger partial charge < -0.3 is 10.1 Å². The van der Waals surface area contributed by atoms with Gasteiger partial charge in [0.25, 0.3) is 5.91 Å². The van der Waals surface area contributed by atoms with Crippen LogP contribution in [0, 0.1) is 6.92 Å². The number of rotatable bonds is 5. The van der Waals surface area contributed by atoms with E-state index in [1.807, 2.05) is 13.0 Å². The van der Waals surface area contributed by atoms with Crippen molar-refractivity contribution in [3.05, 3.63) is 65.2 Å². The van der Waals surface area contributed by atoms with Gasteiger partial charge in [-0.1, -0.05) is 52.5 Å². The van der Waals surface area contributed by atoms with Crippen molar-refractivity contribution < 1.29 is 14.3 Å². The molecule has 2 aromatic rings. The zero-order chi connectivity index (χ0) is 17.7. The van der Waals surface area contributed by atoms with Gasteiger partial charge in [0, 0.05) is 11.1 Å². The van der Waals surface area contributed by atoms with E-state index in [2.05, 4.69) is 5.32 Å². The normalized spacial score (nSPS) is 12.3. The van der Waals surface area contributed by atoms with Gasteiger partial charge in [-0.05, 0) is 43.3 Å². The number of carbonyl (C=O) groups excluding carboxylic acids is 2. The summed E-state index contributed by atoms with van der Waals surface area (Å²) in [6.45, 7) is 1.87. The van der Waals surface area contributed by atoms with E-state index in [-0.39, 0.29) is 0 Å². The van der Waals surface area contributed by atoms with Gasteiger partial charge in [-0.2, -0.15) is 0 Å². The van der Waals surface area contributed by atoms with E-state index in [1.54, 1.807) is 42.5 Å². The molecule has 1 unspecified atom stereocenters. The Labute approximate surface area is 154 Å². The molecule has 0 fully saturated rings. The fourth-order valence-electron chi connectivity index (χ4n) is 1.93. The molecular formula is C17H14Cl3NO3. The lowest BCUT2D eigenvalue weighted by Crippen LogP contribution is -2.47. The minimum absolute atomic E-state index is 0.349. The van der Waals surface area contributed by atoms with Crippen LogP contribution >= 0.6 is 34.8 Å². The SMILES string of the molecule is Cc1cccc(C(=O)NC(Oc2ccc(C=O)cc2)C(Cl)(Cl)Cl)c1. The van der Waals surface area contributed by atoms with Crippen molar-refractivity contribution in [1.82, 2.24) is 5.32 Å². The lowest BCUT2D eigenvalue weighted by Gasteiger charge is -2.26. The zero-order valence-electron chi connectivity index (χ0n) is 12.6. The van der Waals surface area contributed by atoms with Crippen molar-refractivity contribution in [1.29, 1.82) is 0 Å². The molecule has 7 heteroatoms. The van der Waals surface area contributed by atoms with Crippen LogP contribution in [0.15, 0.2) is 48.5 Å². The first-order chi connectivity index (χ1) is 11.3. The Morgan fingerprint density at radius 1 is 1.17 bits per heavy atom. The summed E-state index contributed by atoms with van der Waals surface area (Å²) in [5.41, 5.74) is 1.84. The average molecular weight is 387 g/mol. The summed E-state index contributed by atoms with van der Waals surface area (Å²) < 4.78 is 3.67. The number of aryl methyl sites for hydroxylation is 1. The van der Waals surface area contributed by atoms with Gasteiger partial charge in [0.1, 0.15) is 12.0 Å². The minimum atomic E-state index is -1.89. The number of benzene rings is 2. The molecule has 1 atom stereocenters. The Morgan fingerprint density at radius 2 is 1.83 bits per heavy atom. The minimum Gasteiger partial charge on any atom is -0.466 e. The lowest BCUT2D eigenvalue weighted by molar-refractivity contribution is 0.0833. The second kappa shape index (κ2) is 7.88. The maximum absolute atomic E-state index is 12.3. The molecule has 0 aliphatic rings. The largest absolute Gasteiger partial charge is 0.466 e. The third-order valence-corrected chi connectivity index (χ3v) is 3.70. The first-order valence-electron chi connectivity index (χ1n) is 6.96. The standard InChI is InChI=1S/C17H14Cl3NO3/c1-11-3-2-4-13(9-11)15(23)21-16(17(18,19)20)24-14-7-5-12(10-22)6-8-14/h2-10,16H,1H3,(H,21,23). The quantitative estimate of drug-likeness (QED) is 0.473. The van der Waals surface area contributed by atoms with Gasteiger partial charge in [0.05, 0.1) is 0 Å². The second-order valence-electron chi connectivity index (χ2n) is 5.07. The number of halogens is 3. The van der Waals surface area contributed by atoms with E-state index >= 15 is 0 Å². The van der Waals surface area contributed by atoms with Crippen molar-refractivity contribution in [3.8, 4) is 5.75 Å². The van der Waals surface area contributed by atoms with Gasteiger partial charge in [-0.3, -0.25) is 9.59 Å². The van der Waals surface area contributed by atoms with E-state index in [0.717, 1.165) is 5.56 Å². The molecular weight excluding hydrogens is 373 g/mol. The third kappa shape index (κ3) is 5.13. The summed E-state index contributed by atoms with van der Waals surface area (Å²) in [5, 5.41) is 2.55. The Balaban J connectivity index is 2.16. The summed E-state index contributed by atoms with van der Waals surface area (Å²) in [6.07, 6.45) is -0.506. The van der Waals surface area contributed by atoms with Gasteiger partial charge in [-0.25, -0.2) is 0 Å². The van der Waals surface area contributed by atoms with Crippen LogP contribution in [0.1, 0.15) is 26.3 Å². The zero-order valence-corrected chi connectivity index (χ0v) is 14.9. The van der Waals surface area contributed by atoms with Crippen molar-refractivity contribution in [2.45, 2.75) is 16.9 Å². The third-order valence-electron chi connectivity index (χ3n) is 3.11. The molecule has 0 heterocycles. The maximum atomic E-state index is 12.3. The number of nitrogens with one attached hydrogen (secondary N) is 1. The molecule has 4 nitrogen and oxygen atoms in total. The second-order valence-corrected chi connectivity index (χ2v) is 7.44. The molecule has 24 heavy (non-hydrogen) atoms. The predicted molar refractivity (Wildman–Crippen MR) is 95.2 cm³/mol. The fourth-order valence-corrected chi connectivity index (χ4v) is 2.23. The first-order valence-corrected chi connectivity index (χ1v) is 8.09. The highest BCUT2D eigenvalue weighted by atomic mass is 35.6. The van der Waals surface area contributed by atoms with Crippen LogP contribution in [0.4, 0.5) is 0 Å². The van der Waals surface area contributed by atoms with Gasteiger partial charge >= 0.3 is 0 Å². The molecule has 0 spiro atoms. The van der Waals surface area contributed by atoms with Crippen molar-refractivity contribution >= 4 is 47.0 Å². The van der Waals surface area contributed by atoms with Crippen LogP contribution in [0.3, 0.4) is 0 Å². The van der Waals surface area contributed by atoms with E-state index < -0.39 is 15.9 Å². The number of hydrogen-bond donors (Lipinski definition) is 1. The van der Waals surface area contributed by atoms with E-state index in [4.69, 9.17) is 39.5 Å². The summed E-state index contributed by atoms with van der Waals surface area (Å²) in [6, 6.07) is 13.2. The van der Waals surface area contributed by atoms with Crippen LogP contribution in [0.25, 0.3) is 0 Å². The Bertz CT molecular complexity index is 727. The Kier molecular flexibility index (Phi) is 6.10. The number of aldehydes is 1. The molecule has 0 bridgehead atoms. The number of amides is 1. The van der Waals surface area contributed by atoms with Crippen LogP contribution in [0.5, 0.6) is 5.75 Å². The molecule has 0 saturated heterocycles. The molecule has 0 aromatic heterocycles. The molecule has 2 aromatic carbocycles. The predicted octanol–water partition coefficient (Wildman–Crippen LogP) is 4.31. The van der Waals surface area contributed by atoms with Crippen molar-refractivity contribution in [2.75, 3.05) is 0 Å². The fraction of sp³-hybridized carbons (Fsp3) is 0.176. The monoisotopic (exact) mass is 385 g/mol. The van der Waals surface area contributed by atoms with Gasteiger partial charge in [0.15, 0.2) is 0 Å². The number of alkyl halides is 3. The highest BCUT2D eigenvalue weighted by Crippen LogP contribution is 2.32. The Hall–Kier alpha value is -1.75. The number of carbonyl (C=O) groups is 2. The molecule has 1 amide bonds. The van der Waals surface area contributed by atoms with E-state index in [9.17, 15) is 9.59 Å². The van der Waals surface area contributed by atoms with E-state index in [0.29, 0.717) is 23.2 Å². The van der Waals surface area contributed by atoms with Crippen LogP contribution in [0.2, 0.25) is 0 Å². The maximum Gasteiger partial charge on any atom is 0.254 e. The molecule has 126 valence electrons. The van der Waals surface area contributed by atoms with Gasteiger partial charge in [0.2, 0.25) is 10.0 Å².